The molecule has 5 aromatic carbocycles. The van der Waals surface area contributed by atoms with E-state index in [0.717, 1.165) is 39.1 Å². The van der Waals surface area contributed by atoms with Crippen molar-refractivity contribution in [1.29, 1.82) is 0 Å². The van der Waals surface area contributed by atoms with Gasteiger partial charge in [0, 0.05) is 40.4 Å². The van der Waals surface area contributed by atoms with Gasteiger partial charge in [-0.15, -0.1) is 0 Å². The van der Waals surface area contributed by atoms with Crippen LogP contribution in [0.3, 0.4) is 0 Å². The third-order valence-corrected chi connectivity index (χ3v) is 10.1. The molecule has 0 bridgehead atoms. The number of hydrogen-bond acceptors (Lipinski definition) is 4. The molecule has 0 amide bonds. The van der Waals surface area contributed by atoms with Crippen LogP contribution in [0.2, 0.25) is 0 Å². The van der Waals surface area contributed by atoms with Crippen molar-refractivity contribution in [2.24, 2.45) is 0 Å². The first kappa shape index (κ1) is 36.1. The molecule has 0 aliphatic heterocycles. The van der Waals surface area contributed by atoms with E-state index in [1.54, 1.807) is 19.1 Å². The Balaban J connectivity index is 0.00000468. The number of hydrogen-bond donors (Lipinski definition) is 3. The zero-order valence-corrected chi connectivity index (χ0v) is 31.5. The first-order chi connectivity index (χ1) is 22.8. The lowest BCUT2D eigenvalue weighted by molar-refractivity contribution is -0.0000135. The van der Waals surface area contributed by atoms with E-state index in [1.807, 2.05) is 60.7 Å². The minimum Gasteiger partial charge on any atom is -1.00 e. The monoisotopic (exact) mass is 737 g/mol. The molecule has 0 radical (unpaired) electrons. The summed E-state index contributed by atoms with van der Waals surface area (Å²) in [5.74, 6) is 0. The van der Waals surface area contributed by atoms with Gasteiger partial charge in [-0.05, 0) is 64.4 Å². The first-order valence-corrected chi connectivity index (χ1v) is 17.9. The highest BCUT2D eigenvalue weighted by Gasteiger charge is 2.27. The largest absolute Gasteiger partial charge is 1.00 e. The fourth-order valence-corrected chi connectivity index (χ4v) is 7.57. The predicted molar refractivity (Wildman–Crippen MR) is 201 cm³/mol. The Hall–Kier alpha value is -4.24. The Labute approximate surface area is 300 Å². The van der Waals surface area contributed by atoms with Gasteiger partial charge in [0.25, 0.3) is 0 Å². The van der Waals surface area contributed by atoms with Gasteiger partial charge in [0.2, 0.25) is 10.0 Å². The molecule has 6 rings (SSSR count). The molecule has 0 saturated heterocycles. The van der Waals surface area contributed by atoms with E-state index in [4.69, 9.17) is 4.42 Å². The average molecular weight is 739 g/mol. The SMILES string of the molecule is CCNS(=O)(=O)c1ccccc1-c1c2ccc(Nc3ccccc3C(C)(C)C)cc2[o+]c2cc(Nc3ccccc3C(C)(C)C)ccc12.[Br-]. The van der Waals surface area contributed by atoms with E-state index < -0.39 is 10.0 Å². The average Bonchev–Trinajstić information content (AvgIpc) is 3.03. The number of fused-ring (bicyclic) bond motifs is 2. The number of halogens is 1. The van der Waals surface area contributed by atoms with E-state index in [1.165, 1.54) is 11.1 Å². The van der Waals surface area contributed by atoms with E-state index in [2.05, 4.69) is 93.3 Å². The second-order valence-electron chi connectivity index (χ2n) is 14.2. The molecule has 0 atom stereocenters. The molecule has 3 N–H and O–H groups in total. The molecule has 49 heavy (non-hydrogen) atoms. The molecule has 0 aliphatic rings. The van der Waals surface area contributed by atoms with E-state index in [9.17, 15) is 8.42 Å². The van der Waals surface area contributed by atoms with Gasteiger partial charge in [0.05, 0.1) is 27.8 Å². The highest BCUT2D eigenvalue weighted by atomic mass is 79.9. The molecule has 1 aromatic heterocycles. The zero-order chi connectivity index (χ0) is 34.3. The maximum atomic E-state index is 13.5. The van der Waals surface area contributed by atoms with Crippen LogP contribution < -0.4 is 32.3 Å². The van der Waals surface area contributed by atoms with Gasteiger partial charge >= 0.3 is 11.2 Å². The number of para-hydroxylation sites is 2. The number of nitrogens with one attached hydrogen (secondary N) is 3. The number of benzene rings is 5. The molecule has 6 aromatic rings. The summed E-state index contributed by atoms with van der Waals surface area (Å²) in [4.78, 5) is 0.225. The smallest absolute Gasteiger partial charge is 0.363 e. The van der Waals surface area contributed by atoms with Crippen LogP contribution in [-0.2, 0) is 20.9 Å². The summed E-state index contributed by atoms with van der Waals surface area (Å²) in [6.45, 7) is 15.3. The zero-order valence-electron chi connectivity index (χ0n) is 29.1. The van der Waals surface area contributed by atoms with Gasteiger partial charge in [-0.2, -0.15) is 0 Å². The van der Waals surface area contributed by atoms with Gasteiger partial charge in [-0.1, -0.05) is 103 Å². The molecule has 1 heterocycles. The molecule has 0 spiro atoms. The summed E-state index contributed by atoms with van der Waals surface area (Å²) in [5, 5.41) is 8.86. The standard InChI is InChI=1S/C41H44N3O3S.BrH/c1-8-42-48(45,46)38-20-14-9-15-31(38)39-29-23-21-27(43-34-18-12-10-16-32(34)40(2,3)4)25-36(29)47-37-26-28(22-24-30(37)39)44-35-19-13-11-17-33(35)41(5,6)7;/h9-26,42-44H,8H2,1-7H3;1H/q+1;/p-1. The Morgan fingerprint density at radius 3 is 1.53 bits per heavy atom. The normalized spacial score (nSPS) is 12.1. The Morgan fingerprint density at radius 2 is 1.06 bits per heavy atom. The molecule has 0 saturated carbocycles. The molecule has 0 aliphatic carbocycles. The molecule has 0 fully saturated rings. The summed E-state index contributed by atoms with van der Waals surface area (Å²) in [6, 6.07) is 35.9. The minimum absolute atomic E-state index is 0. The number of anilines is 4. The Bertz CT molecular complexity index is 2140. The van der Waals surface area contributed by atoms with Crippen molar-refractivity contribution in [1.82, 2.24) is 4.72 Å². The third kappa shape index (κ3) is 7.52. The topological polar surface area (TPSA) is 81.5 Å². The second-order valence-corrected chi connectivity index (χ2v) is 16.0. The quantitative estimate of drug-likeness (QED) is 0.109. The van der Waals surface area contributed by atoms with Crippen LogP contribution in [0.15, 0.2) is 119 Å². The van der Waals surface area contributed by atoms with Gasteiger partial charge in [-0.25, -0.2) is 17.6 Å². The van der Waals surface area contributed by atoms with E-state index in [-0.39, 0.29) is 32.7 Å². The highest BCUT2D eigenvalue weighted by Crippen LogP contribution is 2.42. The second kappa shape index (κ2) is 13.9. The summed E-state index contributed by atoms with van der Waals surface area (Å²) in [7, 11) is -3.77. The fraction of sp³-hybridized carbons (Fsp3) is 0.244. The van der Waals surface area contributed by atoms with Crippen LogP contribution in [-0.4, -0.2) is 15.0 Å². The van der Waals surface area contributed by atoms with Crippen molar-refractivity contribution in [2.45, 2.75) is 64.2 Å². The molecule has 254 valence electrons. The van der Waals surface area contributed by atoms with Gasteiger partial charge < -0.3 is 27.6 Å². The van der Waals surface area contributed by atoms with Crippen LogP contribution >= 0.6 is 0 Å². The lowest BCUT2D eigenvalue weighted by atomic mass is 9.86. The van der Waals surface area contributed by atoms with Gasteiger partial charge in [-0.3, -0.25) is 0 Å². The first-order valence-electron chi connectivity index (χ1n) is 16.4. The van der Waals surface area contributed by atoms with Crippen LogP contribution in [0, 0.1) is 0 Å². The van der Waals surface area contributed by atoms with Crippen molar-refractivity contribution in [2.75, 3.05) is 17.2 Å². The lowest BCUT2D eigenvalue weighted by Gasteiger charge is -2.23. The van der Waals surface area contributed by atoms with Crippen molar-refractivity contribution < 1.29 is 29.8 Å². The van der Waals surface area contributed by atoms with Crippen molar-refractivity contribution in [3.05, 3.63) is 120 Å². The minimum atomic E-state index is -3.77. The van der Waals surface area contributed by atoms with E-state index in [0.29, 0.717) is 23.3 Å². The Morgan fingerprint density at radius 1 is 0.612 bits per heavy atom. The van der Waals surface area contributed by atoms with Crippen LogP contribution in [0.25, 0.3) is 33.1 Å². The molecule has 0 unspecified atom stereocenters. The van der Waals surface area contributed by atoms with Crippen LogP contribution in [0.5, 0.6) is 0 Å². The highest BCUT2D eigenvalue weighted by molar-refractivity contribution is 7.89. The summed E-state index contributed by atoms with van der Waals surface area (Å²) in [6.07, 6.45) is 0. The van der Waals surface area contributed by atoms with Crippen molar-refractivity contribution in [3.8, 4) is 11.1 Å². The predicted octanol–water partition coefficient (Wildman–Crippen LogP) is 7.92. The number of sulfonamides is 1. The maximum Gasteiger partial charge on any atom is 0.363 e. The number of rotatable bonds is 8. The van der Waals surface area contributed by atoms with Crippen LogP contribution in [0.1, 0.15) is 59.6 Å². The molecular formula is C41H44BrN3O3S. The summed E-state index contributed by atoms with van der Waals surface area (Å²) >= 11 is 0. The van der Waals surface area contributed by atoms with Crippen molar-refractivity contribution >= 4 is 54.7 Å². The third-order valence-electron chi connectivity index (χ3n) is 8.53. The van der Waals surface area contributed by atoms with Crippen LogP contribution in [0.4, 0.5) is 22.7 Å². The molecule has 6 nitrogen and oxygen atoms in total. The lowest BCUT2D eigenvalue weighted by Crippen LogP contribution is -3.00. The molecule has 8 heteroatoms. The maximum absolute atomic E-state index is 13.5. The molecular weight excluding hydrogens is 694 g/mol. The Kier molecular flexibility index (Phi) is 10.3. The van der Waals surface area contributed by atoms with E-state index >= 15 is 0 Å². The summed E-state index contributed by atoms with van der Waals surface area (Å²) < 4.78 is 36.3. The van der Waals surface area contributed by atoms with Gasteiger partial charge in [0.15, 0.2) is 0 Å². The summed E-state index contributed by atoms with van der Waals surface area (Å²) in [5.41, 5.74) is 8.78. The fourth-order valence-electron chi connectivity index (χ4n) is 6.31. The van der Waals surface area contributed by atoms with Gasteiger partial charge in [0.1, 0.15) is 0 Å². The van der Waals surface area contributed by atoms with Crippen molar-refractivity contribution in [3.63, 3.8) is 0 Å².